The Morgan fingerprint density at radius 2 is 2.64 bits per heavy atom. The Balaban J connectivity index is 2.11. The Morgan fingerprint density at radius 1 is 1.82 bits per heavy atom. The summed E-state index contributed by atoms with van der Waals surface area (Å²) < 4.78 is 0. The van der Waals surface area contributed by atoms with Crippen LogP contribution in [-0.2, 0) is 4.79 Å². The third kappa shape index (κ3) is 1.07. The van der Waals surface area contributed by atoms with Gasteiger partial charge in [0.05, 0.1) is 5.03 Å². The maximum absolute atomic E-state index is 10.5. The van der Waals surface area contributed by atoms with Crippen LogP contribution in [0.2, 0.25) is 0 Å². The van der Waals surface area contributed by atoms with E-state index in [-0.39, 0.29) is 5.25 Å². The van der Waals surface area contributed by atoms with Crippen molar-refractivity contribution in [2.45, 2.75) is 18.1 Å². The highest BCUT2D eigenvalue weighted by molar-refractivity contribution is 8.04. The molecule has 1 atom stereocenters. The van der Waals surface area contributed by atoms with Crippen molar-refractivity contribution >= 4 is 23.9 Å². The fourth-order valence-electron chi connectivity index (χ4n) is 1.24. The number of hydrogen-bond acceptors (Lipinski definition) is 3. The Labute approximate surface area is 68.2 Å². The Bertz CT molecular complexity index is 270. The van der Waals surface area contributed by atoms with Crippen LogP contribution in [0.3, 0.4) is 0 Å². The molecule has 11 heavy (non-hydrogen) atoms. The number of thioether (sulfide) groups is 1. The third-order valence-corrected chi connectivity index (χ3v) is 3.08. The van der Waals surface area contributed by atoms with Crippen LogP contribution >= 0.6 is 11.8 Å². The summed E-state index contributed by atoms with van der Waals surface area (Å²) >= 11 is 1.37. The van der Waals surface area contributed by atoms with E-state index in [1.165, 1.54) is 17.3 Å². The smallest absolute Gasteiger partial charge is 0.317 e. The lowest BCUT2D eigenvalue weighted by atomic mass is 10.1. The molecule has 0 bridgehead atoms. The molecule has 1 unspecified atom stereocenters. The largest absolute Gasteiger partial charge is 0.480 e. The molecule has 3 nitrogen and oxygen atoms in total. The van der Waals surface area contributed by atoms with E-state index in [4.69, 9.17) is 5.11 Å². The minimum Gasteiger partial charge on any atom is -0.480 e. The summed E-state index contributed by atoms with van der Waals surface area (Å²) in [7, 11) is 0. The van der Waals surface area contributed by atoms with E-state index < -0.39 is 5.97 Å². The van der Waals surface area contributed by atoms with E-state index in [9.17, 15) is 4.79 Å². The number of nitrogens with zero attached hydrogens (tertiary/aromatic N) is 1. The molecule has 0 saturated heterocycles. The van der Waals surface area contributed by atoms with Crippen LogP contribution in [-0.4, -0.2) is 22.5 Å². The summed E-state index contributed by atoms with van der Waals surface area (Å²) in [6.07, 6.45) is 3.37. The molecule has 0 saturated carbocycles. The number of allylic oxidation sites excluding steroid dienone is 1. The zero-order chi connectivity index (χ0) is 7.84. The zero-order valence-corrected chi connectivity index (χ0v) is 6.60. The normalized spacial score (nSPS) is 27.8. The van der Waals surface area contributed by atoms with E-state index in [2.05, 4.69) is 4.99 Å². The number of aliphatic carboxylic acids is 1. The van der Waals surface area contributed by atoms with E-state index >= 15 is 0 Å². The van der Waals surface area contributed by atoms with Crippen LogP contribution in [0.4, 0.5) is 0 Å². The topological polar surface area (TPSA) is 49.7 Å². The molecule has 0 aromatic heterocycles. The summed E-state index contributed by atoms with van der Waals surface area (Å²) in [5.41, 5.74) is 1.20. The first kappa shape index (κ1) is 6.91. The van der Waals surface area contributed by atoms with E-state index in [0.29, 0.717) is 6.42 Å². The molecule has 0 fully saturated rings. The molecule has 4 heteroatoms. The van der Waals surface area contributed by atoms with Gasteiger partial charge in [0.1, 0.15) is 5.25 Å². The Hall–Kier alpha value is -0.770. The van der Waals surface area contributed by atoms with Crippen LogP contribution in [0.25, 0.3) is 0 Å². The molecule has 0 spiro atoms. The van der Waals surface area contributed by atoms with Gasteiger partial charge in [-0.25, -0.2) is 0 Å². The molecular weight excluding hydrogens is 162 g/mol. The van der Waals surface area contributed by atoms with Crippen molar-refractivity contribution in [2.75, 3.05) is 0 Å². The minimum absolute atomic E-state index is 0.280. The molecule has 2 aliphatic rings. The van der Waals surface area contributed by atoms with Crippen LogP contribution in [0.15, 0.2) is 15.6 Å². The van der Waals surface area contributed by atoms with Gasteiger partial charge in [-0.3, -0.25) is 9.79 Å². The van der Waals surface area contributed by atoms with Crippen molar-refractivity contribution in [2.24, 2.45) is 4.99 Å². The standard InChI is InChI=1S/C7H7NO2S/c9-7(10)5-3-4-1-2-8-6(4)11-5/h2,5H,1,3H2,(H,9,10). The van der Waals surface area contributed by atoms with Gasteiger partial charge >= 0.3 is 5.97 Å². The van der Waals surface area contributed by atoms with Crippen molar-refractivity contribution < 1.29 is 9.90 Å². The van der Waals surface area contributed by atoms with Crippen LogP contribution in [0.1, 0.15) is 12.8 Å². The number of carboxylic acid groups (broad SMARTS) is 1. The molecule has 0 aromatic carbocycles. The van der Waals surface area contributed by atoms with Gasteiger partial charge in [0.25, 0.3) is 0 Å². The van der Waals surface area contributed by atoms with Gasteiger partial charge in [-0.2, -0.15) is 0 Å². The van der Waals surface area contributed by atoms with Gasteiger partial charge < -0.3 is 5.11 Å². The number of carboxylic acids is 1. The summed E-state index contributed by atoms with van der Waals surface area (Å²) in [6.45, 7) is 0. The zero-order valence-electron chi connectivity index (χ0n) is 5.78. The fraction of sp³-hybridized carbons (Fsp3) is 0.429. The second-order valence-corrected chi connectivity index (χ2v) is 3.76. The summed E-state index contributed by atoms with van der Waals surface area (Å²) in [5, 5.41) is 9.33. The highest BCUT2D eigenvalue weighted by Crippen LogP contribution is 2.41. The molecular formula is C7H7NO2S. The monoisotopic (exact) mass is 169 g/mol. The van der Waals surface area contributed by atoms with Crippen molar-refractivity contribution in [3.8, 4) is 0 Å². The van der Waals surface area contributed by atoms with E-state index in [1.54, 1.807) is 0 Å². The maximum atomic E-state index is 10.5. The molecule has 2 aliphatic heterocycles. The molecule has 0 aliphatic carbocycles. The SMILES string of the molecule is O=C(O)C1CC2=C(N=CC2)S1. The first-order valence-electron chi connectivity index (χ1n) is 3.41. The molecule has 0 amide bonds. The lowest BCUT2D eigenvalue weighted by Gasteiger charge is -2.01. The average molecular weight is 169 g/mol. The maximum Gasteiger partial charge on any atom is 0.317 e. The molecule has 0 aromatic rings. The van der Waals surface area contributed by atoms with Gasteiger partial charge in [-0.15, -0.1) is 0 Å². The Kier molecular flexibility index (Phi) is 1.49. The number of carbonyl (C=O) groups is 1. The van der Waals surface area contributed by atoms with Crippen molar-refractivity contribution in [1.82, 2.24) is 0 Å². The Morgan fingerprint density at radius 3 is 3.27 bits per heavy atom. The highest BCUT2D eigenvalue weighted by Gasteiger charge is 2.31. The fourth-order valence-corrected chi connectivity index (χ4v) is 2.36. The van der Waals surface area contributed by atoms with Crippen LogP contribution in [0.5, 0.6) is 0 Å². The number of rotatable bonds is 1. The van der Waals surface area contributed by atoms with Crippen molar-refractivity contribution in [3.63, 3.8) is 0 Å². The molecule has 2 rings (SSSR count). The van der Waals surface area contributed by atoms with Crippen molar-refractivity contribution in [1.29, 1.82) is 0 Å². The third-order valence-electron chi connectivity index (χ3n) is 1.81. The molecule has 58 valence electrons. The van der Waals surface area contributed by atoms with Crippen molar-refractivity contribution in [3.05, 3.63) is 10.6 Å². The molecule has 1 N–H and O–H groups in total. The second-order valence-electron chi connectivity index (χ2n) is 2.57. The second kappa shape index (κ2) is 2.37. The first-order chi connectivity index (χ1) is 5.27. The minimum atomic E-state index is -0.723. The van der Waals surface area contributed by atoms with Gasteiger partial charge in [0.15, 0.2) is 0 Å². The average Bonchev–Trinajstić information content (AvgIpc) is 2.40. The van der Waals surface area contributed by atoms with E-state index in [0.717, 1.165) is 11.4 Å². The van der Waals surface area contributed by atoms with E-state index in [1.807, 2.05) is 6.21 Å². The lowest BCUT2D eigenvalue weighted by molar-refractivity contribution is -0.136. The van der Waals surface area contributed by atoms with Gasteiger partial charge in [0, 0.05) is 12.6 Å². The van der Waals surface area contributed by atoms with Crippen LogP contribution < -0.4 is 0 Å². The number of hydrogen-bond donors (Lipinski definition) is 1. The quantitative estimate of drug-likeness (QED) is 0.643. The predicted octanol–water partition coefficient (Wildman–Crippen LogP) is 1.26. The summed E-state index contributed by atoms with van der Waals surface area (Å²) in [4.78, 5) is 14.6. The van der Waals surface area contributed by atoms with Gasteiger partial charge in [-0.05, 0) is 12.0 Å². The lowest BCUT2D eigenvalue weighted by Crippen LogP contribution is -2.13. The first-order valence-corrected chi connectivity index (χ1v) is 4.29. The van der Waals surface area contributed by atoms with Gasteiger partial charge in [-0.1, -0.05) is 11.8 Å². The van der Waals surface area contributed by atoms with Gasteiger partial charge in [0.2, 0.25) is 0 Å². The molecule has 2 heterocycles. The predicted molar refractivity (Wildman–Crippen MR) is 43.8 cm³/mol. The molecule has 0 radical (unpaired) electrons. The highest BCUT2D eigenvalue weighted by atomic mass is 32.2. The number of aliphatic imine (C=N–C) groups is 1. The van der Waals surface area contributed by atoms with Crippen LogP contribution in [0, 0.1) is 0 Å². The summed E-state index contributed by atoms with van der Waals surface area (Å²) in [5.74, 6) is -0.723. The summed E-state index contributed by atoms with van der Waals surface area (Å²) in [6, 6.07) is 0.